The quantitative estimate of drug-likeness (QED) is 0.752. The van der Waals surface area contributed by atoms with Gasteiger partial charge in [-0.25, -0.2) is 0 Å². The Morgan fingerprint density at radius 2 is 2.12 bits per heavy atom. The van der Waals surface area contributed by atoms with Crippen molar-refractivity contribution in [1.29, 1.82) is 0 Å². The summed E-state index contributed by atoms with van der Waals surface area (Å²) in [6.45, 7) is 1.82. The first kappa shape index (κ1) is 10.9. The van der Waals surface area contributed by atoms with E-state index in [1.54, 1.807) is 31.4 Å². The minimum Gasteiger partial charge on any atom is -0.497 e. The molecule has 0 bridgehead atoms. The first-order valence-corrected chi connectivity index (χ1v) is 5.15. The van der Waals surface area contributed by atoms with Gasteiger partial charge in [0, 0.05) is 22.7 Å². The molecule has 0 spiro atoms. The molecular formula is C12H10ClNO2. The second kappa shape index (κ2) is 4.10. The molecule has 0 unspecified atom stereocenters. The fraction of sp³-hybridized carbons (Fsp3) is 0.167. The predicted molar refractivity (Wildman–Crippen MR) is 63.2 cm³/mol. The largest absolute Gasteiger partial charge is 0.497 e. The van der Waals surface area contributed by atoms with Crippen LogP contribution in [0.25, 0.3) is 10.9 Å². The van der Waals surface area contributed by atoms with Crippen LogP contribution < -0.4 is 4.74 Å². The van der Waals surface area contributed by atoms with Crippen molar-refractivity contribution in [1.82, 2.24) is 4.98 Å². The van der Waals surface area contributed by atoms with Crippen molar-refractivity contribution in [2.75, 3.05) is 7.11 Å². The maximum Gasteiger partial charge on any atom is 0.253 e. The number of methoxy groups -OCH3 is 1. The second-order valence-electron chi connectivity index (χ2n) is 3.47. The summed E-state index contributed by atoms with van der Waals surface area (Å²) in [5.41, 5.74) is 1.94. The summed E-state index contributed by atoms with van der Waals surface area (Å²) in [5.74, 6) is 0.707. The molecule has 2 aromatic rings. The lowest BCUT2D eigenvalue weighted by molar-refractivity contribution is 0.108. The van der Waals surface area contributed by atoms with Crippen molar-refractivity contribution in [3.05, 3.63) is 35.5 Å². The van der Waals surface area contributed by atoms with E-state index in [9.17, 15) is 4.79 Å². The van der Waals surface area contributed by atoms with Crippen LogP contribution >= 0.6 is 11.6 Å². The number of pyridine rings is 1. The Hall–Kier alpha value is -1.61. The van der Waals surface area contributed by atoms with Crippen LogP contribution in [-0.4, -0.2) is 17.3 Å². The Labute approximate surface area is 98.0 Å². The van der Waals surface area contributed by atoms with Gasteiger partial charge in [0.15, 0.2) is 0 Å². The van der Waals surface area contributed by atoms with Gasteiger partial charge >= 0.3 is 0 Å². The van der Waals surface area contributed by atoms with Crippen LogP contribution in [0.1, 0.15) is 16.1 Å². The van der Waals surface area contributed by atoms with E-state index in [2.05, 4.69) is 4.98 Å². The standard InChI is InChI=1S/C12H10ClNO2/c1-7-5-10(12(13)15)9-4-3-8(16-2)6-11(9)14-7/h3-6H,1-2H3. The lowest BCUT2D eigenvalue weighted by Gasteiger charge is -2.06. The van der Waals surface area contributed by atoms with Gasteiger partial charge in [0.25, 0.3) is 5.24 Å². The lowest BCUT2D eigenvalue weighted by atomic mass is 10.1. The van der Waals surface area contributed by atoms with Gasteiger partial charge in [-0.1, -0.05) is 0 Å². The van der Waals surface area contributed by atoms with Gasteiger partial charge in [-0.2, -0.15) is 0 Å². The molecule has 1 aromatic carbocycles. The molecule has 1 aromatic heterocycles. The van der Waals surface area contributed by atoms with E-state index in [1.807, 2.05) is 6.92 Å². The highest BCUT2D eigenvalue weighted by molar-refractivity contribution is 6.68. The maximum absolute atomic E-state index is 11.3. The highest BCUT2D eigenvalue weighted by Gasteiger charge is 2.10. The lowest BCUT2D eigenvalue weighted by Crippen LogP contribution is -1.95. The number of ether oxygens (including phenoxy) is 1. The summed E-state index contributed by atoms with van der Waals surface area (Å²) in [4.78, 5) is 15.6. The fourth-order valence-corrected chi connectivity index (χ4v) is 1.79. The highest BCUT2D eigenvalue weighted by Crippen LogP contribution is 2.24. The molecule has 0 atom stereocenters. The van der Waals surface area contributed by atoms with E-state index in [0.29, 0.717) is 16.8 Å². The van der Waals surface area contributed by atoms with Gasteiger partial charge < -0.3 is 4.74 Å². The van der Waals surface area contributed by atoms with E-state index >= 15 is 0 Å². The van der Waals surface area contributed by atoms with Gasteiger partial charge in [-0.15, -0.1) is 0 Å². The number of carbonyl (C=O) groups excluding carboxylic acids is 1. The number of fused-ring (bicyclic) bond motifs is 1. The molecular weight excluding hydrogens is 226 g/mol. The molecule has 0 amide bonds. The fourth-order valence-electron chi connectivity index (χ4n) is 1.63. The van der Waals surface area contributed by atoms with Crippen molar-refractivity contribution >= 4 is 27.7 Å². The Kier molecular flexibility index (Phi) is 2.79. The van der Waals surface area contributed by atoms with Gasteiger partial charge in [-0.05, 0) is 36.7 Å². The molecule has 0 aliphatic carbocycles. The van der Waals surface area contributed by atoms with Crippen molar-refractivity contribution in [2.24, 2.45) is 0 Å². The predicted octanol–water partition coefficient (Wildman–Crippen LogP) is 2.93. The number of halogens is 1. The van der Waals surface area contributed by atoms with Crippen LogP contribution in [0.3, 0.4) is 0 Å². The number of carbonyl (C=O) groups is 1. The van der Waals surface area contributed by atoms with Gasteiger partial charge in [0.1, 0.15) is 5.75 Å². The number of nitrogens with zero attached hydrogens (tertiary/aromatic N) is 1. The van der Waals surface area contributed by atoms with Gasteiger partial charge in [0.05, 0.1) is 12.6 Å². The van der Waals surface area contributed by atoms with Crippen LogP contribution in [0.5, 0.6) is 5.75 Å². The summed E-state index contributed by atoms with van der Waals surface area (Å²) >= 11 is 5.53. The Morgan fingerprint density at radius 3 is 2.75 bits per heavy atom. The van der Waals surface area contributed by atoms with Crippen molar-refractivity contribution < 1.29 is 9.53 Å². The number of rotatable bonds is 2. The average Bonchev–Trinajstić information content (AvgIpc) is 2.26. The zero-order valence-electron chi connectivity index (χ0n) is 8.95. The van der Waals surface area contributed by atoms with Crippen molar-refractivity contribution in [3.8, 4) is 5.75 Å². The Balaban J connectivity index is 2.78. The maximum atomic E-state index is 11.3. The molecule has 0 radical (unpaired) electrons. The monoisotopic (exact) mass is 235 g/mol. The second-order valence-corrected chi connectivity index (χ2v) is 3.81. The normalized spacial score (nSPS) is 10.4. The van der Waals surface area contributed by atoms with E-state index in [-0.39, 0.29) is 0 Å². The van der Waals surface area contributed by atoms with Gasteiger partial charge in [0.2, 0.25) is 0 Å². The zero-order chi connectivity index (χ0) is 11.7. The molecule has 3 nitrogen and oxygen atoms in total. The number of benzene rings is 1. The molecule has 0 saturated heterocycles. The number of hydrogen-bond acceptors (Lipinski definition) is 3. The Morgan fingerprint density at radius 1 is 1.38 bits per heavy atom. The summed E-state index contributed by atoms with van der Waals surface area (Å²) in [7, 11) is 1.59. The third-order valence-corrected chi connectivity index (χ3v) is 2.56. The molecule has 0 aliphatic rings. The minimum absolute atomic E-state index is 0.472. The molecule has 2 rings (SSSR count). The summed E-state index contributed by atoms with van der Waals surface area (Å²) in [6, 6.07) is 7.04. The summed E-state index contributed by atoms with van der Waals surface area (Å²) in [5, 5.41) is 0.270. The number of hydrogen-bond donors (Lipinski definition) is 0. The zero-order valence-corrected chi connectivity index (χ0v) is 9.71. The Bertz CT molecular complexity index is 566. The third-order valence-electron chi connectivity index (χ3n) is 2.36. The van der Waals surface area contributed by atoms with E-state index in [4.69, 9.17) is 16.3 Å². The third kappa shape index (κ3) is 1.86. The highest BCUT2D eigenvalue weighted by atomic mass is 35.5. The van der Waals surface area contributed by atoms with Crippen molar-refractivity contribution in [2.45, 2.75) is 6.92 Å². The molecule has 1 heterocycles. The van der Waals surface area contributed by atoms with Crippen LogP contribution in [0, 0.1) is 6.92 Å². The molecule has 0 saturated carbocycles. The van der Waals surface area contributed by atoms with Crippen LogP contribution in [-0.2, 0) is 0 Å². The molecule has 0 N–H and O–H groups in total. The van der Waals surface area contributed by atoms with Crippen molar-refractivity contribution in [3.63, 3.8) is 0 Å². The SMILES string of the molecule is COc1ccc2c(C(=O)Cl)cc(C)nc2c1. The van der Waals surface area contributed by atoms with Crippen LogP contribution in [0.2, 0.25) is 0 Å². The summed E-state index contributed by atoms with van der Waals surface area (Å²) < 4.78 is 5.10. The molecule has 4 heteroatoms. The topological polar surface area (TPSA) is 39.2 Å². The van der Waals surface area contributed by atoms with E-state index in [0.717, 1.165) is 11.1 Å². The average molecular weight is 236 g/mol. The first-order chi connectivity index (χ1) is 7.61. The van der Waals surface area contributed by atoms with E-state index < -0.39 is 5.24 Å². The van der Waals surface area contributed by atoms with E-state index in [1.165, 1.54) is 0 Å². The minimum atomic E-state index is -0.472. The smallest absolute Gasteiger partial charge is 0.253 e. The number of aryl methyl sites for hydroxylation is 1. The summed E-state index contributed by atoms with van der Waals surface area (Å²) in [6.07, 6.45) is 0. The molecule has 82 valence electrons. The molecule has 0 fully saturated rings. The van der Waals surface area contributed by atoms with Crippen LogP contribution in [0.4, 0.5) is 0 Å². The number of aromatic nitrogens is 1. The molecule has 0 aliphatic heterocycles. The van der Waals surface area contributed by atoms with Gasteiger partial charge in [-0.3, -0.25) is 9.78 Å². The first-order valence-electron chi connectivity index (χ1n) is 4.77. The van der Waals surface area contributed by atoms with Crippen LogP contribution in [0.15, 0.2) is 24.3 Å². The molecule has 16 heavy (non-hydrogen) atoms.